The van der Waals surface area contributed by atoms with E-state index >= 15 is 0 Å². The van der Waals surface area contributed by atoms with Crippen LogP contribution >= 0.6 is 15.9 Å². The van der Waals surface area contributed by atoms with E-state index in [1.165, 1.54) is 5.56 Å². The summed E-state index contributed by atoms with van der Waals surface area (Å²) >= 11 is 3.28. The van der Waals surface area contributed by atoms with Gasteiger partial charge < -0.3 is 14.4 Å². The molecule has 1 atom stereocenters. The summed E-state index contributed by atoms with van der Waals surface area (Å²) in [6, 6.07) is 13.8. The zero-order valence-electron chi connectivity index (χ0n) is 13.4. The van der Waals surface area contributed by atoms with Crippen molar-refractivity contribution in [3.63, 3.8) is 0 Å². The van der Waals surface area contributed by atoms with Crippen LogP contribution in [0.2, 0.25) is 0 Å². The van der Waals surface area contributed by atoms with Crippen molar-refractivity contribution in [1.29, 1.82) is 0 Å². The lowest BCUT2D eigenvalue weighted by Gasteiger charge is -2.21. The molecule has 1 N–H and O–H groups in total. The predicted octanol–water partition coefficient (Wildman–Crippen LogP) is 2.29. The van der Waals surface area contributed by atoms with Crippen molar-refractivity contribution in [2.75, 3.05) is 26.2 Å². The van der Waals surface area contributed by atoms with Crippen molar-refractivity contribution < 1.29 is 14.3 Å². The summed E-state index contributed by atoms with van der Waals surface area (Å²) < 4.78 is 6.17. The zero-order valence-corrected chi connectivity index (χ0v) is 15.0. The first kappa shape index (κ1) is 17.2. The molecule has 1 aliphatic heterocycles. The van der Waals surface area contributed by atoms with Crippen LogP contribution in [0.1, 0.15) is 11.3 Å². The molecule has 5 nitrogen and oxygen atoms in total. The number of hydrogen-bond acceptors (Lipinski definition) is 4. The highest BCUT2D eigenvalue weighted by Gasteiger charge is 2.27. The van der Waals surface area contributed by atoms with E-state index in [9.17, 15) is 9.90 Å². The van der Waals surface area contributed by atoms with E-state index in [-0.39, 0.29) is 5.91 Å². The van der Waals surface area contributed by atoms with Gasteiger partial charge in [0, 0.05) is 19.6 Å². The minimum atomic E-state index is -0.550. The maximum Gasteiger partial charge on any atom is 0.236 e. The third-order valence-corrected chi connectivity index (χ3v) is 4.56. The number of carbonyl (C=O) groups excluding carboxylic acids is 1. The van der Waals surface area contributed by atoms with Gasteiger partial charge in [-0.3, -0.25) is 9.69 Å². The van der Waals surface area contributed by atoms with Gasteiger partial charge in [0.15, 0.2) is 4.67 Å². The lowest BCUT2D eigenvalue weighted by atomic mass is 10.1. The van der Waals surface area contributed by atoms with Crippen LogP contribution in [0.3, 0.4) is 0 Å². The second kappa shape index (κ2) is 7.96. The molecule has 1 amide bonds. The minimum absolute atomic E-state index is 0.0492. The lowest BCUT2D eigenvalue weighted by molar-refractivity contribution is -0.131. The van der Waals surface area contributed by atoms with Crippen LogP contribution in [0, 0.1) is 0 Å². The van der Waals surface area contributed by atoms with Crippen molar-refractivity contribution in [2.45, 2.75) is 19.1 Å². The highest BCUT2D eigenvalue weighted by molar-refractivity contribution is 9.10. The van der Waals surface area contributed by atoms with Crippen LogP contribution in [-0.2, 0) is 17.8 Å². The molecule has 1 aromatic heterocycles. The van der Waals surface area contributed by atoms with E-state index in [1.54, 1.807) is 4.90 Å². The number of rotatable bonds is 5. The van der Waals surface area contributed by atoms with E-state index in [1.807, 2.05) is 35.2 Å². The Morgan fingerprint density at radius 3 is 2.67 bits per heavy atom. The molecule has 1 aliphatic rings. The molecule has 1 saturated heterocycles. The SMILES string of the molecule is O=C1CN(Cc2ccc(Br)o2)CC(O)CN1CCc1ccccc1. The van der Waals surface area contributed by atoms with Crippen molar-refractivity contribution in [3.05, 3.63) is 58.5 Å². The summed E-state index contributed by atoms with van der Waals surface area (Å²) in [5, 5.41) is 10.3. The fourth-order valence-corrected chi connectivity index (χ4v) is 3.31. The minimum Gasteiger partial charge on any atom is -0.453 e. The number of halogens is 1. The Kier molecular flexibility index (Phi) is 5.71. The van der Waals surface area contributed by atoms with Crippen molar-refractivity contribution >= 4 is 21.8 Å². The first-order valence-corrected chi connectivity index (χ1v) is 8.86. The van der Waals surface area contributed by atoms with E-state index in [2.05, 4.69) is 28.1 Å². The van der Waals surface area contributed by atoms with E-state index in [4.69, 9.17) is 4.42 Å². The summed E-state index contributed by atoms with van der Waals surface area (Å²) in [6.07, 6.45) is 0.246. The Morgan fingerprint density at radius 2 is 1.96 bits per heavy atom. The molecule has 2 aromatic rings. The molecule has 1 unspecified atom stereocenters. The third kappa shape index (κ3) is 4.69. The fourth-order valence-electron chi connectivity index (χ4n) is 2.97. The quantitative estimate of drug-likeness (QED) is 0.847. The van der Waals surface area contributed by atoms with Gasteiger partial charge in [-0.05, 0) is 40.0 Å². The van der Waals surface area contributed by atoms with Gasteiger partial charge in [0.05, 0.1) is 19.2 Å². The third-order valence-electron chi connectivity index (χ3n) is 4.13. The molecule has 0 saturated carbocycles. The number of carbonyl (C=O) groups is 1. The Balaban J connectivity index is 1.59. The van der Waals surface area contributed by atoms with E-state index < -0.39 is 6.10 Å². The average molecular weight is 393 g/mol. The summed E-state index contributed by atoms with van der Waals surface area (Å²) in [6.45, 7) is 2.28. The second-order valence-corrected chi connectivity index (χ2v) is 6.89. The van der Waals surface area contributed by atoms with E-state index in [0.29, 0.717) is 37.4 Å². The summed E-state index contributed by atoms with van der Waals surface area (Å²) in [5.41, 5.74) is 1.20. The van der Waals surface area contributed by atoms with Crippen molar-refractivity contribution in [3.8, 4) is 0 Å². The van der Waals surface area contributed by atoms with Gasteiger partial charge >= 0.3 is 0 Å². The topological polar surface area (TPSA) is 56.9 Å². The molecule has 0 radical (unpaired) electrons. The number of β-amino-alcohol motifs (C(OH)–C–C–N with tert-alkyl or cyclic N) is 1. The number of aliphatic hydroxyl groups excluding tert-OH is 1. The predicted molar refractivity (Wildman–Crippen MR) is 94.4 cm³/mol. The zero-order chi connectivity index (χ0) is 16.9. The van der Waals surface area contributed by atoms with Crippen LogP contribution in [-0.4, -0.2) is 53.1 Å². The van der Waals surface area contributed by atoms with Crippen LogP contribution < -0.4 is 0 Å². The summed E-state index contributed by atoms with van der Waals surface area (Å²) in [5.74, 6) is 0.827. The smallest absolute Gasteiger partial charge is 0.236 e. The number of benzene rings is 1. The standard InChI is InChI=1S/C18H21BrN2O3/c19-17-7-6-16(24-17)12-20-10-15(22)11-21(18(23)13-20)9-8-14-4-2-1-3-5-14/h1-7,15,22H,8-13H2. The van der Waals surface area contributed by atoms with E-state index in [0.717, 1.165) is 12.2 Å². The molecular weight excluding hydrogens is 372 g/mol. The van der Waals surface area contributed by atoms with Crippen LogP contribution in [0.15, 0.2) is 51.6 Å². The Hall–Kier alpha value is -1.63. The molecule has 0 spiro atoms. The first-order valence-electron chi connectivity index (χ1n) is 8.06. The summed E-state index contributed by atoms with van der Waals surface area (Å²) in [4.78, 5) is 16.2. The molecule has 1 fully saturated rings. The molecule has 0 aliphatic carbocycles. The Bertz CT molecular complexity index is 674. The van der Waals surface area contributed by atoms with Gasteiger partial charge in [-0.1, -0.05) is 30.3 Å². The number of amides is 1. The van der Waals surface area contributed by atoms with Gasteiger partial charge in [-0.15, -0.1) is 0 Å². The average Bonchev–Trinajstić information content (AvgIpc) is 2.90. The van der Waals surface area contributed by atoms with Crippen LogP contribution in [0.4, 0.5) is 0 Å². The highest BCUT2D eigenvalue weighted by Crippen LogP contribution is 2.17. The number of aliphatic hydroxyl groups is 1. The van der Waals surface area contributed by atoms with Crippen molar-refractivity contribution in [1.82, 2.24) is 9.80 Å². The monoisotopic (exact) mass is 392 g/mol. The maximum atomic E-state index is 12.5. The largest absolute Gasteiger partial charge is 0.453 e. The fraction of sp³-hybridized carbons (Fsp3) is 0.389. The molecule has 3 rings (SSSR count). The normalized spacial score (nSPS) is 19.5. The molecule has 2 heterocycles. The molecular formula is C18H21BrN2O3. The van der Waals surface area contributed by atoms with Crippen LogP contribution in [0.5, 0.6) is 0 Å². The van der Waals surface area contributed by atoms with Gasteiger partial charge in [0.25, 0.3) is 0 Å². The Morgan fingerprint density at radius 1 is 1.17 bits per heavy atom. The number of furan rings is 1. The first-order chi connectivity index (χ1) is 11.6. The van der Waals surface area contributed by atoms with Gasteiger partial charge in [-0.25, -0.2) is 0 Å². The molecule has 128 valence electrons. The summed E-state index contributed by atoms with van der Waals surface area (Å²) in [7, 11) is 0. The molecule has 6 heteroatoms. The molecule has 0 bridgehead atoms. The van der Waals surface area contributed by atoms with Gasteiger partial charge in [0.1, 0.15) is 5.76 Å². The highest BCUT2D eigenvalue weighted by atomic mass is 79.9. The number of nitrogens with zero attached hydrogens (tertiary/aromatic N) is 2. The second-order valence-electron chi connectivity index (χ2n) is 6.10. The molecule has 1 aromatic carbocycles. The maximum absolute atomic E-state index is 12.5. The number of hydrogen-bond donors (Lipinski definition) is 1. The molecule has 24 heavy (non-hydrogen) atoms. The lowest BCUT2D eigenvalue weighted by Crippen LogP contribution is -2.38. The van der Waals surface area contributed by atoms with Gasteiger partial charge in [-0.2, -0.15) is 0 Å². The van der Waals surface area contributed by atoms with Crippen molar-refractivity contribution in [2.24, 2.45) is 0 Å². The van der Waals surface area contributed by atoms with Gasteiger partial charge in [0.2, 0.25) is 5.91 Å². The van der Waals surface area contributed by atoms with Crippen LogP contribution in [0.25, 0.3) is 0 Å². The Labute approximate surface area is 150 Å².